The van der Waals surface area contributed by atoms with Crippen LogP contribution in [0.4, 0.5) is 0 Å². The summed E-state index contributed by atoms with van der Waals surface area (Å²) in [6.45, 7) is 49.5. The van der Waals surface area contributed by atoms with Gasteiger partial charge in [0.05, 0.1) is 22.4 Å². The summed E-state index contributed by atoms with van der Waals surface area (Å²) in [5.41, 5.74) is -0.275. The average Bonchev–Trinajstić information content (AvgIpc) is 3.27. The maximum Gasteiger partial charge on any atom is 0.460 e. The van der Waals surface area contributed by atoms with E-state index in [4.69, 9.17) is 46.5 Å². The molecule has 320 valence electrons. The van der Waals surface area contributed by atoms with Crippen LogP contribution in [0.3, 0.4) is 0 Å². The summed E-state index contributed by atoms with van der Waals surface area (Å²) in [5, 5.41) is 0. The summed E-state index contributed by atoms with van der Waals surface area (Å²) in [6, 6.07) is 0. The second-order valence-electron chi connectivity index (χ2n) is 20.9. The van der Waals surface area contributed by atoms with Gasteiger partial charge in [-0.25, -0.2) is 0 Å². The summed E-state index contributed by atoms with van der Waals surface area (Å²) >= 11 is 0. The molecule has 5 rings (SSSR count). The van der Waals surface area contributed by atoms with E-state index in [-0.39, 0.29) is 63.4 Å². The Balaban J connectivity index is 0.000000346. The topological polar surface area (TPSA) is 92.3 Å². The smallest absolute Gasteiger partial charge is 0.411 e. The Hall–Kier alpha value is -0.0753. The van der Waals surface area contributed by atoms with Crippen LogP contribution in [-0.4, -0.2) is 97.6 Å². The van der Waals surface area contributed by atoms with E-state index in [2.05, 4.69) is 145 Å². The molecular formula is C40H85B5O10. The maximum atomic E-state index is 5.85. The van der Waals surface area contributed by atoms with Crippen LogP contribution in [0, 0.1) is 11.3 Å². The Kier molecular flexibility index (Phi) is 22.2. The highest BCUT2D eigenvalue weighted by Crippen LogP contribution is 2.39. The molecule has 5 fully saturated rings. The monoisotopic (exact) mass is 781 g/mol. The molecule has 0 aromatic carbocycles. The first-order valence-corrected chi connectivity index (χ1v) is 21.4. The quantitative estimate of drug-likeness (QED) is 0.251. The summed E-state index contributed by atoms with van der Waals surface area (Å²) in [5.74, 6) is 2.84. The normalized spacial score (nSPS) is 24.4. The predicted molar refractivity (Wildman–Crippen MR) is 233 cm³/mol. The van der Waals surface area contributed by atoms with Gasteiger partial charge in [-0.15, -0.1) is 0 Å². The molecule has 0 spiro atoms. The molecule has 0 aromatic heterocycles. The summed E-state index contributed by atoms with van der Waals surface area (Å²) in [6.07, 6.45) is 1.99. The zero-order valence-electron chi connectivity index (χ0n) is 39.6. The van der Waals surface area contributed by atoms with Gasteiger partial charge in [-0.2, -0.15) is 0 Å². The second-order valence-corrected chi connectivity index (χ2v) is 20.9. The van der Waals surface area contributed by atoms with E-state index < -0.39 is 0 Å². The minimum atomic E-state index is -0.179. The van der Waals surface area contributed by atoms with Gasteiger partial charge in [-0.05, 0) is 96.8 Å². The first kappa shape index (κ1) is 52.9. The van der Waals surface area contributed by atoms with E-state index in [1.807, 2.05) is 0 Å². The lowest BCUT2D eigenvalue weighted by Crippen LogP contribution is -2.52. The van der Waals surface area contributed by atoms with Crippen molar-refractivity contribution in [1.82, 2.24) is 0 Å². The Morgan fingerprint density at radius 3 is 1.04 bits per heavy atom. The van der Waals surface area contributed by atoms with Gasteiger partial charge in [0.1, 0.15) is 0 Å². The fraction of sp³-hybridized carbons (Fsp3) is 1.00. The third-order valence-electron chi connectivity index (χ3n) is 9.93. The SMILES string of the molecule is CC(C)B1OC(C)(C)C(C)(C)O1.CC(C)B1OC(C)(C)CC(C)(C)O1.CC(C)B1OCC(C)(C)CO1.CC(C)B1OCCCO1.CC1COB(C(C)C)OC1. The van der Waals surface area contributed by atoms with Crippen molar-refractivity contribution in [2.75, 3.05) is 39.6 Å². The van der Waals surface area contributed by atoms with Gasteiger partial charge in [0.15, 0.2) is 0 Å². The van der Waals surface area contributed by atoms with Crippen molar-refractivity contribution in [3.05, 3.63) is 0 Å². The Bertz CT molecular complexity index is 1000. The summed E-state index contributed by atoms with van der Waals surface area (Å²) in [7, 11) is 0.00623. The molecule has 5 aliphatic rings. The van der Waals surface area contributed by atoms with Gasteiger partial charge < -0.3 is 46.5 Å². The first-order valence-electron chi connectivity index (χ1n) is 21.4. The number of hydrogen-bond donors (Lipinski definition) is 0. The summed E-state index contributed by atoms with van der Waals surface area (Å²) < 4.78 is 55.9. The third kappa shape index (κ3) is 20.2. The molecule has 5 aliphatic heterocycles. The molecule has 10 nitrogen and oxygen atoms in total. The Morgan fingerprint density at radius 1 is 0.418 bits per heavy atom. The molecule has 5 saturated heterocycles. The molecule has 5 heterocycles. The second kappa shape index (κ2) is 23.1. The first-order chi connectivity index (χ1) is 25.0. The van der Waals surface area contributed by atoms with Crippen LogP contribution in [0.1, 0.15) is 158 Å². The maximum absolute atomic E-state index is 5.85. The van der Waals surface area contributed by atoms with E-state index in [0.717, 1.165) is 52.5 Å². The van der Waals surface area contributed by atoms with Gasteiger partial charge >= 0.3 is 35.6 Å². The van der Waals surface area contributed by atoms with Gasteiger partial charge in [-0.3, -0.25) is 0 Å². The molecule has 0 amide bonds. The molecule has 55 heavy (non-hydrogen) atoms. The fourth-order valence-electron chi connectivity index (χ4n) is 6.17. The average molecular weight is 780 g/mol. The molecule has 0 N–H and O–H groups in total. The molecule has 0 aliphatic carbocycles. The molecule has 0 saturated carbocycles. The molecule has 0 atom stereocenters. The fourth-order valence-corrected chi connectivity index (χ4v) is 6.17. The highest BCUT2D eigenvalue weighted by Gasteiger charge is 2.52. The highest BCUT2D eigenvalue weighted by molar-refractivity contribution is 6.48. The number of hydrogen-bond acceptors (Lipinski definition) is 10. The van der Waals surface area contributed by atoms with Crippen LogP contribution >= 0.6 is 0 Å². The van der Waals surface area contributed by atoms with Crippen molar-refractivity contribution in [2.45, 2.75) is 210 Å². The van der Waals surface area contributed by atoms with E-state index in [1.54, 1.807) is 0 Å². The lowest BCUT2D eigenvalue weighted by molar-refractivity contribution is -0.0791. The third-order valence-corrected chi connectivity index (χ3v) is 9.93. The summed E-state index contributed by atoms with van der Waals surface area (Å²) in [4.78, 5) is 0. The van der Waals surface area contributed by atoms with Crippen molar-refractivity contribution in [1.29, 1.82) is 0 Å². The standard InChI is InChI=1S/C10H21BO2.C9H19BO2.C8H17BO2.C7H15BO2.C6H13BO2/c1-8(2)11-12-9(3,4)7-10(5,6)13-11;1-7(2)10-11-8(3,4)9(5,6)12-10;1-7(2)9-10-5-8(3,4)6-11-9;1-6(2)8-9-4-7(3)5-10-8;1-6(2)7-8-4-3-5-9-7/h8H,7H2,1-6H3;7H,1-6H3;7H,5-6H2,1-4H3;6-7H,4-5H2,1-3H3;6H,3-5H2,1-2H3. The number of rotatable bonds is 5. The van der Waals surface area contributed by atoms with Crippen LogP contribution in [-0.2, 0) is 46.5 Å². The van der Waals surface area contributed by atoms with Crippen LogP contribution in [0.25, 0.3) is 0 Å². The van der Waals surface area contributed by atoms with Crippen molar-refractivity contribution >= 4 is 35.6 Å². The molecule has 0 bridgehead atoms. The zero-order chi connectivity index (χ0) is 42.6. The van der Waals surface area contributed by atoms with Crippen molar-refractivity contribution in [3.8, 4) is 0 Å². The van der Waals surface area contributed by atoms with E-state index in [1.165, 1.54) is 0 Å². The van der Waals surface area contributed by atoms with Crippen molar-refractivity contribution in [2.24, 2.45) is 11.3 Å². The highest BCUT2D eigenvalue weighted by atomic mass is 16.7. The van der Waals surface area contributed by atoms with Gasteiger partial charge in [-0.1, -0.05) is 90.0 Å². The minimum absolute atomic E-state index is 0.0167. The predicted octanol–water partition coefficient (Wildman–Crippen LogP) is 10.2. The molecule has 15 heteroatoms. The molecule has 0 aromatic rings. The van der Waals surface area contributed by atoms with Crippen LogP contribution in [0.2, 0.25) is 29.1 Å². The van der Waals surface area contributed by atoms with Gasteiger partial charge in [0.25, 0.3) is 0 Å². The van der Waals surface area contributed by atoms with Crippen molar-refractivity contribution in [3.63, 3.8) is 0 Å². The van der Waals surface area contributed by atoms with Crippen LogP contribution in [0.15, 0.2) is 0 Å². The Labute approximate surface area is 342 Å². The van der Waals surface area contributed by atoms with Crippen LogP contribution < -0.4 is 0 Å². The minimum Gasteiger partial charge on any atom is -0.411 e. The molecule has 0 unspecified atom stereocenters. The Morgan fingerprint density at radius 2 is 0.727 bits per heavy atom. The van der Waals surface area contributed by atoms with Crippen molar-refractivity contribution < 1.29 is 46.5 Å². The van der Waals surface area contributed by atoms with E-state index in [0.29, 0.717) is 35.0 Å². The van der Waals surface area contributed by atoms with E-state index in [9.17, 15) is 0 Å². The zero-order valence-corrected chi connectivity index (χ0v) is 39.6. The molecule has 0 radical (unpaired) electrons. The van der Waals surface area contributed by atoms with Crippen LogP contribution in [0.5, 0.6) is 0 Å². The van der Waals surface area contributed by atoms with Gasteiger partial charge in [0, 0.05) is 51.5 Å². The molecular weight excluding hydrogens is 694 g/mol. The largest absolute Gasteiger partial charge is 0.460 e. The van der Waals surface area contributed by atoms with E-state index >= 15 is 0 Å². The lowest BCUT2D eigenvalue weighted by Gasteiger charge is -2.45. The van der Waals surface area contributed by atoms with Gasteiger partial charge in [0.2, 0.25) is 0 Å². The lowest BCUT2D eigenvalue weighted by atomic mass is 9.69.